The number of hydrogen-bond acceptors (Lipinski definition) is 1. The molecule has 0 aromatic carbocycles. The van der Waals surface area contributed by atoms with Gasteiger partial charge < -0.3 is 4.90 Å². The molecule has 1 rings (SSSR count). The molecule has 0 aromatic heterocycles. The van der Waals surface area contributed by atoms with Crippen molar-refractivity contribution in [1.29, 1.82) is 0 Å². The van der Waals surface area contributed by atoms with Gasteiger partial charge >= 0.3 is 0 Å². The number of nitrogens with zero attached hydrogens (tertiary/aromatic N) is 1. The fourth-order valence-corrected chi connectivity index (χ4v) is 2.36. The molecule has 0 radical (unpaired) electrons. The van der Waals surface area contributed by atoms with Crippen molar-refractivity contribution in [2.75, 3.05) is 20.6 Å². The summed E-state index contributed by atoms with van der Waals surface area (Å²) in [5.74, 6) is 0.970. The Morgan fingerprint density at radius 2 is 2.08 bits per heavy atom. The van der Waals surface area contributed by atoms with Crippen LogP contribution in [0.2, 0.25) is 0 Å². The molecule has 1 aliphatic rings. The van der Waals surface area contributed by atoms with E-state index in [1.165, 1.54) is 32.2 Å². The molecule has 2 unspecified atom stereocenters. The Kier molecular flexibility index (Phi) is 3.16. The highest BCUT2D eigenvalue weighted by Gasteiger charge is 2.32. The molecule has 0 N–H and O–H groups in total. The third-order valence-electron chi connectivity index (χ3n) is 3.24. The fourth-order valence-electron chi connectivity index (χ4n) is 2.36. The normalized spacial score (nSPS) is 36.2. The van der Waals surface area contributed by atoms with Crippen molar-refractivity contribution >= 4 is 0 Å². The molecule has 0 heterocycles. The summed E-state index contributed by atoms with van der Waals surface area (Å²) in [6, 6.07) is 0. The topological polar surface area (TPSA) is 3.24 Å². The van der Waals surface area contributed by atoms with Crippen LogP contribution in [0.25, 0.3) is 0 Å². The van der Waals surface area contributed by atoms with Gasteiger partial charge in [-0.15, -0.1) is 0 Å². The highest BCUT2D eigenvalue weighted by Crippen LogP contribution is 2.43. The van der Waals surface area contributed by atoms with Crippen molar-refractivity contribution in [3.05, 3.63) is 0 Å². The lowest BCUT2D eigenvalue weighted by atomic mass is 9.84. The Bertz CT molecular complexity index is 142. The van der Waals surface area contributed by atoms with Crippen LogP contribution >= 0.6 is 0 Å². The van der Waals surface area contributed by atoms with Crippen LogP contribution in [0.5, 0.6) is 0 Å². The van der Waals surface area contributed by atoms with Crippen molar-refractivity contribution < 1.29 is 0 Å². The highest BCUT2D eigenvalue weighted by atomic mass is 15.0. The zero-order chi connectivity index (χ0) is 9.19. The van der Waals surface area contributed by atoms with Crippen LogP contribution in [0.15, 0.2) is 0 Å². The molecule has 0 aliphatic heterocycles. The van der Waals surface area contributed by atoms with Gasteiger partial charge in [0, 0.05) is 0 Å². The van der Waals surface area contributed by atoms with Gasteiger partial charge in [-0.1, -0.05) is 20.3 Å². The molecular weight excluding hydrogens is 146 g/mol. The average Bonchev–Trinajstić information content (AvgIpc) is 2.29. The molecule has 1 heteroatoms. The Morgan fingerprint density at radius 1 is 1.42 bits per heavy atom. The molecule has 0 aromatic rings. The van der Waals surface area contributed by atoms with Crippen LogP contribution in [0.1, 0.15) is 39.5 Å². The molecule has 12 heavy (non-hydrogen) atoms. The van der Waals surface area contributed by atoms with E-state index in [0.29, 0.717) is 5.41 Å². The highest BCUT2D eigenvalue weighted by molar-refractivity contribution is 4.84. The second kappa shape index (κ2) is 3.78. The fraction of sp³-hybridized carbons (Fsp3) is 1.00. The maximum absolute atomic E-state index is 2.46. The molecule has 1 saturated carbocycles. The molecule has 1 aliphatic carbocycles. The Labute approximate surface area is 77.1 Å². The zero-order valence-corrected chi connectivity index (χ0v) is 9.06. The smallest absolute Gasteiger partial charge is 0.00196 e. The Hall–Kier alpha value is -0.0400. The van der Waals surface area contributed by atoms with E-state index in [9.17, 15) is 0 Å². The van der Waals surface area contributed by atoms with Gasteiger partial charge in [0.25, 0.3) is 0 Å². The summed E-state index contributed by atoms with van der Waals surface area (Å²) >= 11 is 0. The molecule has 2 atom stereocenters. The van der Waals surface area contributed by atoms with Gasteiger partial charge in [-0.2, -0.15) is 0 Å². The van der Waals surface area contributed by atoms with Crippen molar-refractivity contribution in [2.45, 2.75) is 39.5 Å². The molecule has 1 nitrogen and oxygen atoms in total. The largest absolute Gasteiger partial charge is 0.309 e. The Balaban J connectivity index is 2.30. The minimum absolute atomic E-state index is 0.656. The van der Waals surface area contributed by atoms with Crippen LogP contribution in [0.4, 0.5) is 0 Å². The quantitative estimate of drug-likeness (QED) is 0.628. The maximum Gasteiger partial charge on any atom is -0.00196 e. The van der Waals surface area contributed by atoms with Gasteiger partial charge in [0.05, 0.1) is 0 Å². The van der Waals surface area contributed by atoms with Gasteiger partial charge in [0.15, 0.2) is 0 Å². The first-order valence-corrected chi connectivity index (χ1v) is 5.17. The van der Waals surface area contributed by atoms with E-state index in [4.69, 9.17) is 0 Å². The van der Waals surface area contributed by atoms with Gasteiger partial charge in [-0.05, 0) is 51.2 Å². The summed E-state index contributed by atoms with van der Waals surface area (Å²) in [6.45, 7) is 6.10. The van der Waals surface area contributed by atoms with Gasteiger partial charge in [-0.25, -0.2) is 0 Å². The van der Waals surface area contributed by atoms with Gasteiger partial charge in [0.1, 0.15) is 0 Å². The van der Waals surface area contributed by atoms with E-state index in [1.54, 1.807) is 0 Å². The monoisotopic (exact) mass is 169 g/mol. The summed E-state index contributed by atoms with van der Waals surface area (Å²) < 4.78 is 0. The first-order valence-electron chi connectivity index (χ1n) is 5.17. The maximum atomic E-state index is 2.46. The van der Waals surface area contributed by atoms with E-state index in [2.05, 4.69) is 32.8 Å². The second-order valence-corrected chi connectivity index (χ2v) is 5.21. The van der Waals surface area contributed by atoms with Gasteiger partial charge in [-0.3, -0.25) is 0 Å². The number of hydrogen-bond donors (Lipinski definition) is 0. The minimum Gasteiger partial charge on any atom is -0.309 e. The van der Waals surface area contributed by atoms with Crippen molar-refractivity contribution in [3.8, 4) is 0 Å². The standard InChI is InChI=1S/C11H23N/c1-10-5-6-11(2,9-10)7-8-12(3)4/h10H,5-9H2,1-4H3. The summed E-state index contributed by atoms with van der Waals surface area (Å²) in [6.07, 6.45) is 5.72. The molecule has 0 spiro atoms. The molecule has 0 bridgehead atoms. The molecule has 1 fully saturated rings. The van der Waals surface area contributed by atoms with Gasteiger partial charge in [0.2, 0.25) is 0 Å². The first kappa shape index (κ1) is 10.0. The predicted octanol–water partition coefficient (Wildman–Crippen LogP) is 2.76. The lowest BCUT2D eigenvalue weighted by molar-refractivity contribution is 0.250. The third kappa shape index (κ3) is 2.78. The summed E-state index contributed by atoms with van der Waals surface area (Å²) in [5, 5.41) is 0. The summed E-state index contributed by atoms with van der Waals surface area (Å²) in [5.41, 5.74) is 0.656. The molecule has 0 amide bonds. The average molecular weight is 169 g/mol. The predicted molar refractivity (Wildman–Crippen MR) is 54.3 cm³/mol. The molecule has 72 valence electrons. The van der Waals surface area contributed by atoms with Crippen LogP contribution in [0.3, 0.4) is 0 Å². The van der Waals surface area contributed by atoms with Crippen molar-refractivity contribution in [3.63, 3.8) is 0 Å². The van der Waals surface area contributed by atoms with Crippen LogP contribution in [-0.2, 0) is 0 Å². The SMILES string of the molecule is CC1CCC(C)(CCN(C)C)C1. The summed E-state index contributed by atoms with van der Waals surface area (Å²) in [4.78, 5) is 2.30. The van der Waals surface area contributed by atoms with Crippen LogP contribution in [0, 0.1) is 11.3 Å². The summed E-state index contributed by atoms with van der Waals surface area (Å²) in [7, 11) is 4.34. The van der Waals surface area contributed by atoms with E-state index >= 15 is 0 Å². The second-order valence-electron chi connectivity index (χ2n) is 5.21. The molecular formula is C11H23N. The molecule has 0 saturated heterocycles. The Morgan fingerprint density at radius 3 is 2.50 bits per heavy atom. The van der Waals surface area contributed by atoms with Crippen LogP contribution < -0.4 is 0 Å². The minimum atomic E-state index is 0.656. The van der Waals surface area contributed by atoms with Crippen LogP contribution in [-0.4, -0.2) is 25.5 Å². The first-order chi connectivity index (χ1) is 5.52. The third-order valence-corrected chi connectivity index (χ3v) is 3.24. The zero-order valence-electron chi connectivity index (χ0n) is 9.06. The van der Waals surface area contributed by atoms with E-state index in [1.807, 2.05) is 0 Å². The lowest BCUT2D eigenvalue weighted by Crippen LogP contribution is -2.21. The van der Waals surface area contributed by atoms with Crippen molar-refractivity contribution in [1.82, 2.24) is 4.90 Å². The van der Waals surface area contributed by atoms with E-state index in [0.717, 1.165) is 5.92 Å². The van der Waals surface area contributed by atoms with E-state index < -0.39 is 0 Å². The van der Waals surface area contributed by atoms with E-state index in [-0.39, 0.29) is 0 Å². The number of rotatable bonds is 3. The van der Waals surface area contributed by atoms with Crippen molar-refractivity contribution in [2.24, 2.45) is 11.3 Å². The lowest BCUT2D eigenvalue weighted by Gasteiger charge is -2.25.